The van der Waals surface area contributed by atoms with Gasteiger partial charge in [0.15, 0.2) is 4.67 Å². The topological polar surface area (TPSA) is 70.7 Å². The Morgan fingerprint density at radius 3 is 2.15 bits per heavy atom. The molecule has 4 nitrogen and oxygen atoms in total. The van der Waals surface area contributed by atoms with Gasteiger partial charge in [0.1, 0.15) is 5.58 Å². The standard InChI is InChI=1S/C22H15BrO4/c23-20-19(14-7-3-1-4-8-14)17-13-16(11-12-18(17)27-20)22(26,21(24)25)15-9-5-2-6-10-15/h1-13,26H,(H,24,25). The van der Waals surface area contributed by atoms with Crippen LogP contribution >= 0.6 is 15.9 Å². The van der Waals surface area contributed by atoms with Crippen molar-refractivity contribution in [1.82, 2.24) is 0 Å². The van der Waals surface area contributed by atoms with Crippen LogP contribution in [0.2, 0.25) is 0 Å². The minimum absolute atomic E-state index is 0.263. The second-order valence-corrected chi connectivity index (χ2v) is 6.93. The molecule has 0 amide bonds. The number of hydrogen-bond donors (Lipinski definition) is 2. The Hall–Kier alpha value is -2.89. The molecule has 4 rings (SSSR count). The van der Waals surface area contributed by atoms with E-state index in [1.165, 1.54) is 0 Å². The predicted molar refractivity (Wildman–Crippen MR) is 106 cm³/mol. The van der Waals surface area contributed by atoms with Crippen LogP contribution in [0, 0.1) is 0 Å². The highest BCUT2D eigenvalue weighted by Gasteiger charge is 2.40. The Morgan fingerprint density at radius 1 is 0.889 bits per heavy atom. The molecule has 134 valence electrons. The molecule has 0 aliphatic rings. The van der Waals surface area contributed by atoms with Gasteiger partial charge in [-0.2, -0.15) is 0 Å². The van der Waals surface area contributed by atoms with Crippen molar-refractivity contribution in [2.24, 2.45) is 0 Å². The second kappa shape index (κ2) is 6.68. The molecule has 0 spiro atoms. The summed E-state index contributed by atoms with van der Waals surface area (Å²) < 4.78 is 6.33. The van der Waals surface area contributed by atoms with Gasteiger partial charge in [-0.05, 0) is 39.2 Å². The van der Waals surface area contributed by atoms with Gasteiger partial charge < -0.3 is 14.6 Å². The van der Waals surface area contributed by atoms with Gasteiger partial charge >= 0.3 is 5.97 Å². The van der Waals surface area contributed by atoms with E-state index in [9.17, 15) is 15.0 Å². The molecule has 0 saturated carbocycles. The Labute approximate surface area is 163 Å². The molecule has 0 fully saturated rings. The van der Waals surface area contributed by atoms with E-state index in [2.05, 4.69) is 15.9 Å². The normalized spacial score (nSPS) is 13.4. The molecule has 1 unspecified atom stereocenters. The van der Waals surface area contributed by atoms with Crippen molar-refractivity contribution in [2.75, 3.05) is 0 Å². The van der Waals surface area contributed by atoms with Crippen LogP contribution in [0.25, 0.3) is 22.1 Å². The largest absolute Gasteiger partial charge is 0.479 e. The number of furan rings is 1. The minimum Gasteiger partial charge on any atom is -0.479 e. The SMILES string of the molecule is O=C(O)C(O)(c1ccccc1)c1ccc2oc(Br)c(-c3ccccc3)c2c1. The summed E-state index contributed by atoms with van der Waals surface area (Å²) in [6, 6.07) is 23.0. The number of fused-ring (bicyclic) bond motifs is 1. The number of rotatable bonds is 4. The summed E-state index contributed by atoms with van der Waals surface area (Å²) in [4.78, 5) is 12.0. The molecule has 0 saturated heterocycles. The number of benzene rings is 3. The van der Waals surface area contributed by atoms with Crippen LogP contribution in [-0.2, 0) is 10.4 Å². The minimum atomic E-state index is -2.16. The molecular weight excluding hydrogens is 408 g/mol. The van der Waals surface area contributed by atoms with E-state index in [0.29, 0.717) is 15.8 Å². The molecule has 2 N–H and O–H groups in total. The van der Waals surface area contributed by atoms with Gasteiger partial charge in [0, 0.05) is 16.5 Å². The van der Waals surface area contributed by atoms with E-state index in [0.717, 1.165) is 16.5 Å². The van der Waals surface area contributed by atoms with E-state index in [1.807, 2.05) is 30.3 Å². The first kappa shape index (κ1) is 17.5. The third kappa shape index (κ3) is 2.85. The first-order chi connectivity index (χ1) is 13.0. The first-order valence-corrected chi connectivity index (χ1v) is 9.10. The Morgan fingerprint density at radius 2 is 1.52 bits per heavy atom. The maximum atomic E-state index is 12.0. The van der Waals surface area contributed by atoms with Crippen LogP contribution in [0.1, 0.15) is 11.1 Å². The molecule has 1 heterocycles. The number of hydrogen-bond acceptors (Lipinski definition) is 3. The molecule has 1 atom stereocenters. The zero-order valence-electron chi connectivity index (χ0n) is 14.1. The van der Waals surface area contributed by atoms with Crippen LogP contribution in [0.3, 0.4) is 0 Å². The summed E-state index contributed by atoms with van der Waals surface area (Å²) in [6.45, 7) is 0. The summed E-state index contributed by atoms with van der Waals surface area (Å²) in [5, 5.41) is 21.7. The van der Waals surface area contributed by atoms with Gasteiger partial charge in [0.2, 0.25) is 5.60 Å². The maximum Gasteiger partial charge on any atom is 0.345 e. The lowest BCUT2D eigenvalue weighted by Crippen LogP contribution is -2.36. The first-order valence-electron chi connectivity index (χ1n) is 8.31. The van der Waals surface area contributed by atoms with Crippen molar-refractivity contribution in [3.63, 3.8) is 0 Å². The third-order valence-corrected chi connectivity index (χ3v) is 5.18. The van der Waals surface area contributed by atoms with Crippen LogP contribution < -0.4 is 0 Å². The number of carboxylic acids is 1. The quantitative estimate of drug-likeness (QED) is 0.475. The Balaban J connectivity index is 1.97. The number of carboxylic acid groups (broad SMARTS) is 1. The number of carbonyl (C=O) groups is 1. The van der Waals surface area contributed by atoms with Crippen molar-refractivity contribution < 1.29 is 19.4 Å². The molecule has 3 aromatic carbocycles. The highest BCUT2D eigenvalue weighted by molar-refractivity contribution is 9.10. The fourth-order valence-corrected chi connectivity index (χ4v) is 3.88. The average molecular weight is 423 g/mol. The highest BCUT2D eigenvalue weighted by Crippen LogP contribution is 2.40. The fraction of sp³-hybridized carbons (Fsp3) is 0.0455. The summed E-state index contributed by atoms with van der Waals surface area (Å²) >= 11 is 3.45. The second-order valence-electron chi connectivity index (χ2n) is 6.21. The lowest BCUT2D eigenvalue weighted by molar-refractivity contribution is -0.155. The van der Waals surface area contributed by atoms with Crippen molar-refractivity contribution in [1.29, 1.82) is 0 Å². The van der Waals surface area contributed by atoms with E-state index >= 15 is 0 Å². The van der Waals surface area contributed by atoms with Crippen molar-refractivity contribution in [3.8, 4) is 11.1 Å². The van der Waals surface area contributed by atoms with E-state index < -0.39 is 11.6 Å². The molecule has 0 radical (unpaired) electrons. The molecule has 0 aliphatic heterocycles. The number of aliphatic carboxylic acids is 1. The molecular formula is C22H15BrO4. The predicted octanol–water partition coefficient (Wildman–Crippen LogP) is 5.18. The average Bonchev–Trinajstić information content (AvgIpc) is 3.03. The van der Waals surface area contributed by atoms with Gasteiger partial charge in [-0.15, -0.1) is 0 Å². The van der Waals surface area contributed by atoms with Crippen molar-refractivity contribution in [2.45, 2.75) is 5.60 Å². The third-order valence-electron chi connectivity index (χ3n) is 4.63. The summed E-state index contributed by atoms with van der Waals surface area (Å²) in [5.74, 6) is -1.34. The highest BCUT2D eigenvalue weighted by atomic mass is 79.9. The van der Waals surface area contributed by atoms with Crippen LogP contribution in [0.15, 0.2) is 87.9 Å². The Bertz CT molecular complexity index is 1120. The van der Waals surface area contributed by atoms with Gasteiger partial charge in [-0.3, -0.25) is 0 Å². The zero-order chi connectivity index (χ0) is 19.0. The van der Waals surface area contributed by atoms with Crippen LogP contribution in [-0.4, -0.2) is 16.2 Å². The monoisotopic (exact) mass is 422 g/mol. The molecule has 27 heavy (non-hydrogen) atoms. The molecule has 0 aliphatic carbocycles. The summed E-state index contributed by atoms with van der Waals surface area (Å²) in [7, 11) is 0. The van der Waals surface area contributed by atoms with Crippen molar-refractivity contribution in [3.05, 3.63) is 94.7 Å². The smallest absolute Gasteiger partial charge is 0.345 e. The molecule has 1 aromatic heterocycles. The van der Waals surface area contributed by atoms with E-state index in [-0.39, 0.29) is 5.56 Å². The lowest BCUT2D eigenvalue weighted by Gasteiger charge is -2.24. The van der Waals surface area contributed by atoms with Gasteiger partial charge in [0.25, 0.3) is 0 Å². The Kier molecular flexibility index (Phi) is 4.34. The van der Waals surface area contributed by atoms with Gasteiger partial charge in [-0.25, -0.2) is 4.79 Å². The van der Waals surface area contributed by atoms with Crippen LogP contribution in [0.5, 0.6) is 0 Å². The molecule has 0 bridgehead atoms. The zero-order valence-corrected chi connectivity index (χ0v) is 15.7. The molecule has 4 aromatic rings. The fourth-order valence-electron chi connectivity index (χ4n) is 3.26. The number of aliphatic hydroxyl groups is 1. The van der Waals surface area contributed by atoms with E-state index in [1.54, 1.807) is 48.5 Å². The molecule has 5 heteroatoms. The van der Waals surface area contributed by atoms with Crippen molar-refractivity contribution >= 4 is 32.9 Å². The van der Waals surface area contributed by atoms with Gasteiger partial charge in [-0.1, -0.05) is 66.7 Å². The van der Waals surface area contributed by atoms with Crippen LogP contribution in [0.4, 0.5) is 0 Å². The maximum absolute atomic E-state index is 12.0. The van der Waals surface area contributed by atoms with E-state index in [4.69, 9.17) is 4.42 Å². The lowest BCUT2D eigenvalue weighted by atomic mass is 9.85. The summed E-state index contributed by atoms with van der Waals surface area (Å²) in [5.41, 5.74) is 0.741. The van der Waals surface area contributed by atoms with Gasteiger partial charge in [0.05, 0.1) is 0 Å². The number of halogens is 1. The summed E-state index contributed by atoms with van der Waals surface area (Å²) in [6.07, 6.45) is 0.